The Morgan fingerprint density at radius 3 is 2.33 bits per heavy atom. The number of aliphatic hydroxyl groups is 1. The number of fused-ring (bicyclic) bond motifs is 2. The van der Waals surface area contributed by atoms with Gasteiger partial charge in [0, 0.05) is 5.41 Å². The summed E-state index contributed by atoms with van der Waals surface area (Å²) >= 11 is 0. The predicted molar refractivity (Wildman–Crippen MR) is 63.7 cm³/mol. The summed E-state index contributed by atoms with van der Waals surface area (Å²) in [4.78, 5) is 0. The molecule has 1 heteroatoms. The molecule has 0 aromatic rings. The Balaban J connectivity index is 2.24. The summed E-state index contributed by atoms with van der Waals surface area (Å²) in [7, 11) is 0. The van der Waals surface area contributed by atoms with Crippen molar-refractivity contribution in [2.24, 2.45) is 16.7 Å². The van der Waals surface area contributed by atoms with Crippen LogP contribution in [-0.2, 0) is 0 Å². The standard InChI is InChI=1S/C14H26O/c1-5-6-8-14(15)10-11-7-9-13(14,4)12(11,2)3/h11,15H,5-10H2,1-4H3/t11-,13-,14-/m1/s1. The first kappa shape index (κ1) is 11.4. The smallest absolute Gasteiger partial charge is 0.0709 e. The first-order valence-corrected chi connectivity index (χ1v) is 6.60. The van der Waals surface area contributed by atoms with Gasteiger partial charge in [0.2, 0.25) is 0 Å². The maximum absolute atomic E-state index is 10.9. The zero-order chi connectivity index (χ0) is 11.3. The number of rotatable bonds is 3. The van der Waals surface area contributed by atoms with Crippen molar-refractivity contribution in [1.29, 1.82) is 0 Å². The first-order chi connectivity index (χ1) is 6.87. The second-order valence-electron chi connectivity index (χ2n) is 6.63. The van der Waals surface area contributed by atoms with Gasteiger partial charge in [-0.05, 0) is 37.0 Å². The average Bonchev–Trinajstić information content (AvgIpc) is 2.47. The molecule has 1 N–H and O–H groups in total. The second-order valence-corrected chi connectivity index (χ2v) is 6.63. The highest BCUT2D eigenvalue weighted by Crippen LogP contribution is 2.70. The van der Waals surface area contributed by atoms with Gasteiger partial charge in [-0.3, -0.25) is 0 Å². The third-order valence-electron chi connectivity index (χ3n) is 5.99. The summed E-state index contributed by atoms with van der Waals surface area (Å²) in [6, 6.07) is 0. The molecule has 0 unspecified atom stereocenters. The van der Waals surface area contributed by atoms with Crippen LogP contribution in [0.4, 0.5) is 0 Å². The highest BCUT2D eigenvalue weighted by atomic mass is 16.3. The summed E-state index contributed by atoms with van der Waals surface area (Å²) in [6.45, 7) is 9.28. The topological polar surface area (TPSA) is 20.2 Å². The lowest BCUT2D eigenvalue weighted by Gasteiger charge is -2.45. The van der Waals surface area contributed by atoms with Crippen molar-refractivity contribution in [3.8, 4) is 0 Å². The quantitative estimate of drug-likeness (QED) is 0.752. The van der Waals surface area contributed by atoms with E-state index in [1.54, 1.807) is 0 Å². The summed E-state index contributed by atoms with van der Waals surface area (Å²) in [5.74, 6) is 0.754. The summed E-state index contributed by atoms with van der Waals surface area (Å²) in [6.07, 6.45) is 7.00. The Bertz CT molecular complexity index is 258. The van der Waals surface area contributed by atoms with Crippen LogP contribution >= 0.6 is 0 Å². The van der Waals surface area contributed by atoms with Crippen molar-refractivity contribution in [3.05, 3.63) is 0 Å². The van der Waals surface area contributed by atoms with Crippen LogP contribution in [0, 0.1) is 16.7 Å². The molecule has 0 aromatic carbocycles. The highest BCUT2D eigenvalue weighted by molar-refractivity contribution is 5.17. The van der Waals surface area contributed by atoms with E-state index in [9.17, 15) is 5.11 Å². The molecule has 0 spiro atoms. The maximum Gasteiger partial charge on any atom is 0.0709 e. The van der Waals surface area contributed by atoms with E-state index >= 15 is 0 Å². The van der Waals surface area contributed by atoms with Crippen LogP contribution in [0.15, 0.2) is 0 Å². The van der Waals surface area contributed by atoms with Gasteiger partial charge in [-0.15, -0.1) is 0 Å². The summed E-state index contributed by atoms with van der Waals surface area (Å²) in [5.41, 5.74) is 0.144. The molecule has 2 saturated carbocycles. The molecule has 0 heterocycles. The van der Waals surface area contributed by atoms with Gasteiger partial charge in [0.05, 0.1) is 5.60 Å². The Morgan fingerprint density at radius 1 is 1.27 bits per heavy atom. The number of unbranched alkanes of at least 4 members (excludes halogenated alkanes) is 1. The van der Waals surface area contributed by atoms with E-state index in [1.807, 2.05) is 0 Å². The number of hydrogen-bond donors (Lipinski definition) is 1. The van der Waals surface area contributed by atoms with Crippen LogP contribution < -0.4 is 0 Å². The molecular formula is C14H26O. The van der Waals surface area contributed by atoms with Crippen molar-refractivity contribution < 1.29 is 5.11 Å². The van der Waals surface area contributed by atoms with Gasteiger partial charge in [-0.2, -0.15) is 0 Å². The van der Waals surface area contributed by atoms with E-state index in [2.05, 4.69) is 27.7 Å². The lowest BCUT2D eigenvalue weighted by atomic mass is 9.63. The molecule has 2 rings (SSSR count). The SMILES string of the molecule is CCCC[C@@]1(O)C[C@H]2CC[C@]1(C)C2(C)C. The van der Waals surface area contributed by atoms with Crippen molar-refractivity contribution in [3.63, 3.8) is 0 Å². The Kier molecular flexibility index (Phi) is 2.46. The van der Waals surface area contributed by atoms with E-state index in [0.717, 1.165) is 18.8 Å². The van der Waals surface area contributed by atoms with Gasteiger partial charge >= 0.3 is 0 Å². The van der Waals surface area contributed by atoms with Crippen LogP contribution in [0.3, 0.4) is 0 Å². The maximum atomic E-state index is 10.9. The van der Waals surface area contributed by atoms with Crippen molar-refractivity contribution >= 4 is 0 Å². The zero-order valence-electron chi connectivity index (χ0n) is 10.8. The molecule has 0 saturated heterocycles. The molecule has 2 aliphatic carbocycles. The lowest BCUT2D eigenvalue weighted by molar-refractivity contribution is -0.0957. The van der Waals surface area contributed by atoms with Crippen LogP contribution in [-0.4, -0.2) is 10.7 Å². The monoisotopic (exact) mass is 210 g/mol. The lowest BCUT2D eigenvalue weighted by Crippen LogP contribution is -2.47. The predicted octanol–water partition coefficient (Wildman–Crippen LogP) is 3.75. The van der Waals surface area contributed by atoms with E-state index in [4.69, 9.17) is 0 Å². The molecule has 0 amide bonds. The molecular weight excluding hydrogens is 184 g/mol. The summed E-state index contributed by atoms with van der Waals surface area (Å²) < 4.78 is 0. The van der Waals surface area contributed by atoms with Gasteiger partial charge in [0.15, 0.2) is 0 Å². The molecule has 3 atom stereocenters. The molecule has 15 heavy (non-hydrogen) atoms. The third kappa shape index (κ3) is 1.25. The average molecular weight is 210 g/mol. The Hall–Kier alpha value is -0.0400. The molecule has 0 aliphatic heterocycles. The molecule has 0 radical (unpaired) electrons. The van der Waals surface area contributed by atoms with Crippen molar-refractivity contribution in [1.82, 2.24) is 0 Å². The fourth-order valence-corrected chi connectivity index (χ4v) is 4.27. The first-order valence-electron chi connectivity index (χ1n) is 6.60. The number of hydrogen-bond acceptors (Lipinski definition) is 1. The van der Waals surface area contributed by atoms with E-state index < -0.39 is 0 Å². The van der Waals surface area contributed by atoms with Crippen molar-refractivity contribution in [2.75, 3.05) is 0 Å². The van der Waals surface area contributed by atoms with Crippen molar-refractivity contribution in [2.45, 2.75) is 71.8 Å². The Labute approximate surface area is 94.3 Å². The van der Waals surface area contributed by atoms with Gasteiger partial charge < -0.3 is 5.11 Å². The molecule has 2 aliphatic rings. The molecule has 0 aromatic heterocycles. The van der Waals surface area contributed by atoms with Crippen LogP contribution in [0.25, 0.3) is 0 Å². The van der Waals surface area contributed by atoms with Crippen LogP contribution in [0.5, 0.6) is 0 Å². The zero-order valence-corrected chi connectivity index (χ0v) is 10.8. The van der Waals surface area contributed by atoms with Crippen LogP contribution in [0.2, 0.25) is 0 Å². The largest absolute Gasteiger partial charge is 0.389 e. The molecule has 2 fully saturated rings. The minimum Gasteiger partial charge on any atom is -0.389 e. The Morgan fingerprint density at radius 2 is 1.93 bits per heavy atom. The van der Waals surface area contributed by atoms with Gasteiger partial charge in [0.1, 0.15) is 0 Å². The van der Waals surface area contributed by atoms with E-state index in [0.29, 0.717) is 5.41 Å². The molecule has 1 nitrogen and oxygen atoms in total. The summed E-state index contributed by atoms with van der Waals surface area (Å²) in [5, 5.41) is 10.9. The second kappa shape index (κ2) is 3.23. The van der Waals surface area contributed by atoms with Gasteiger partial charge in [-0.25, -0.2) is 0 Å². The minimum absolute atomic E-state index is 0.167. The normalized spacial score (nSPS) is 47.4. The van der Waals surface area contributed by atoms with Gasteiger partial charge in [0.25, 0.3) is 0 Å². The van der Waals surface area contributed by atoms with E-state index in [1.165, 1.54) is 25.7 Å². The van der Waals surface area contributed by atoms with Crippen LogP contribution in [0.1, 0.15) is 66.2 Å². The minimum atomic E-state index is -0.366. The fourth-order valence-electron chi connectivity index (χ4n) is 4.27. The fraction of sp³-hybridized carbons (Fsp3) is 1.00. The van der Waals surface area contributed by atoms with E-state index in [-0.39, 0.29) is 11.0 Å². The third-order valence-corrected chi connectivity index (χ3v) is 5.99. The van der Waals surface area contributed by atoms with Gasteiger partial charge in [-0.1, -0.05) is 40.5 Å². The highest BCUT2D eigenvalue weighted by Gasteiger charge is 2.67. The molecule has 88 valence electrons. The molecule has 2 bridgehead atoms.